The van der Waals surface area contributed by atoms with Gasteiger partial charge >= 0.3 is 5.97 Å². The summed E-state index contributed by atoms with van der Waals surface area (Å²) in [6, 6.07) is 13.2. The van der Waals surface area contributed by atoms with Gasteiger partial charge in [-0.05, 0) is 17.7 Å². The second kappa shape index (κ2) is 11.4. The molecule has 0 saturated heterocycles. The quantitative estimate of drug-likeness (QED) is 0.0820. The first kappa shape index (κ1) is 23.4. The van der Waals surface area contributed by atoms with Crippen LogP contribution in [0, 0.1) is 10.1 Å². The molecule has 0 aliphatic carbocycles. The maximum Gasteiger partial charge on any atom is 0.350 e. The number of nitro benzene ring substituents is 1. The van der Waals surface area contributed by atoms with Crippen molar-refractivity contribution in [1.82, 2.24) is 4.98 Å². The molecule has 0 saturated carbocycles. The number of nitrogens with zero attached hydrogens (tertiary/aromatic N) is 6. The van der Waals surface area contributed by atoms with Crippen LogP contribution in [0.25, 0.3) is 21.7 Å². The maximum absolute atomic E-state index is 11.6. The molecule has 12 heteroatoms. The number of para-hydroxylation sites is 1. The van der Waals surface area contributed by atoms with Crippen LogP contribution >= 0.6 is 11.3 Å². The number of carboxylic acid groups (broad SMARTS) is 1. The van der Waals surface area contributed by atoms with Crippen molar-refractivity contribution < 1.29 is 19.6 Å². The molecule has 2 aromatic carbocycles. The molecule has 0 fully saturated rings. The Kier molecular flexibility index (Phi) is 8.06. The van der Waals surface area contributed by atoms with Gasteiger partial charge in [-0.1, -0.05) is 35.4 Å². The van der Waals surface area contributed by atoms with Crippen LogP contribution in [0.2, 0.25) is 0 Å². The summed E-state index contributed by atoms with van der Waals surface area (Å²) in [5.41, 5.74) is 9.74. The first-order chi connectivity index (χ1) is 16.0. The molecule has 0 radical (unpaired) electrons. The summed E-state index contributed by atoms with van der Waals surface area (Å²) >= 11 is 1.33. The van der Waals surface area contributed by atoms with Crippen molar-refractivity contribution in [2.24, 2.45) is 10.1 Å². The number of aliphatic imine (C=N–C) groups is 1. The molecule has 1 aromatic heterocycles. The van der Waals surface area contributed by atoms with E-state index < -0.39 is 10.9 Å². The lowest BCUT2D eigenvalue weighted by atomic mass is 10.1. The summed E-state index contributed by atoms with van der Waals surface area (Å²) in [7, 11) is 0. The molecule has 0 unspecified atom stereocenters. The number of thiazole rings is 1. The number of benzene rings is 2. The van der Waals surface area contributed by atoms with E-state index >= 15 is 0 Å². The monoisotopic (exact) mass is 466 g/mol. The number of carboxylic acids is 1. The zero-order valence-corrected chi connectivity index (χ0v) is 18.0. The summed E-state index contributed by atoms with van der Waals surface area (Å²) in [5.74, 6) is -0.638. The minimum absolute atomic E-state index is 0.0370. The van der Waals surface area contributed by atoms with Crippen LogP contribution in [0.3, 0.4) is 0 Å². The van der Waals surface area contributed by atoms with Gasteiger partial charge in [0.2, 0.25) is 0 Å². The molecule has 3 rings (SSSR count). The molecule has 0 aliphatic heterocycles. The molecular formula is C21H18N6O5S. The first-order valence-electron chi connectivity index (χ1n) is 9.65. The summed E-state index contributed by atoms with van der Waals surface area (Å²) in [6.07, 6.45) is -0.167. The number of nitro groups is 1. The highest BCUT2D eigenvalue weighted by Crippen LogP contribution is 2.26. The molecule has 0 atom stereocenters. The Morgan fingerprint density at radius 3 is 2.85 bits per heavy atom. The van der Waals surface area contributed by atoms with Gasteiger partial charge in [0.1, 0.15) is 16.5 Å². The fourth-order valence-corrected chi connectivity index (χ4v) is 3.62. The molecule has 1 heterocycles. The highest BCUT2D eigenvalue weighted by molar-refractivity contribution is 7.09. The van der Waals surface area contributed by atoms with E-state index in [1.165, 1.54) is 29.5 Å². The summed E-state index contributed by atoms with van der Waals surface area (Å²) in [5, 5.41) is 26.5. The van der Waals surface area contributed by atoms with Gasteiger partial charge in [-0.25, -0.2) is 9.78 Å². The average Bonchev–Trinajstić information content (AvgIpc) is 3.29. The van der Waals surface area contributed by atoms with Crippen LogP contribution in [0.4, 0.5) is 5.69 Å². The van der Waals surface area contributed by atoms with Crippen molar-refractivity contribution in [3.63, 3.8) is 0 Å². The van der Waals surface area contributed by atoms with E-state index in [2.05, 4.69) is 20.0 Å². The van der Waals surface area contributed by atoms with E-state index in [4.69, 9.17) is 10.3 Å². The van der Waals surface area contributed by atoms with E-state index in [0.717, 1.165) is 5.56 Å². The van der Waals surface area contributed by atoms with Crippen LogP contribution in [0.15, 0.2) is 64.0 Å². The van der Waals surface area contributed by atoms with Crippen molar-refractivity contribution in [3.8, 4) is 17.0 Å². The average molecular weight is 466 g/mol. The Morgan fingerprint density at radius 1 is 1.27 bits per heavy atom. The Bertz CT molecular complexity index is 1240. The third-order valence-corrected chi connectivity index (χ3v) is 5.24. The second-order valence-electron chi connectivity index (χ2n) is 6.59. The minimum Gasteiger partial charge on any atom is -0.493 e. The zero-order valence-electron chi connectivity index (χ0n) is 17.2. The van der Waals surface area contributed by atoms with Crippen LogP contribution in [0.5, 0.6) is 5.75 Å². The van der Waals surface area contributed by atoms with E-state index in [9.17, 15) is 20.0 Å². The summed E-state index contributed by atoms with van der Waals surface area (Å²) in [4.78, 5) is 33.6. The third kappa shape index (κ3) is 6.60. The van der Waals surface area contributed by atoms with Crippen LogP contribution in [-0.4, -0.2) is 39.8 Å². The number of hydrogen-bond acceptors (Lipinski definition) is 8. The van der Waals surface area contributed by atoms with Crippen LogP contribution < -0.4 is 4.74 Å². The minimum atomic E-state index is -1.24. The van der Waals surface area contributed by atoms with Crippen molar-refractivity contribution in [3.05, 3.63) is 85.0 Å². The Morgan fingerprint density at radius 2 is 2.09 bits per heavy atom. The van der Waals surface area contributed by atoms with Crippen LogP contribution in [0.1, 0.15) is 10.6 Å². The number of aliphatic carboxylic acids is 1. The third-order valence-electron chi connectivity index (χ3n) is 4.40. The van der Waals surface area contributed by atoms with Crippen molar-refractivity contribution in [2.45, 2.75) is 13.0 Å². The van der Waals surface area contributed by atoms with Gasteiger partial charge in [0.25, 0.3) is 5.69 Å². The van der Waals surface area contributed by atoms with Crippen molar-refractivity contribution in [1.29, 1.82) is 0 Å². The zero-order chi connectivity index (χ0) is 23.6. The number of aromatic nitrogens is 1. The molecule has 168 valence electrons. The molecule has 0 bridgehead atoms. The Balaban J connectivity index is 1.72. The lowest BCUT2D eigenvalue weighted by Gasteiger charge is -2.05. The van der Waals surface area contributed by atoms with E-state index in [1.807, 2.05) is 17.5 Å². The second-order valence-corrected chi connectivity index (χ2v) is 7.53. The Hall–Kier alpha value is -4.28. The largest absolute Gasteiger partial charge is 0.493 e. The predicted molar refractivity (Wildman–Crippen MR) is 123 cm³/mol. The number of hydrogen-bond donors (Lipinski definition) is 1. The predicted octanol–water partition coefficient (Wildman–Crippen LogP) is 4.68. The SMILES string of the molecule is [N-]=[N+]=NCCOc1cccc(-c2csc(CN=C(Cc3ccccc3[N+](=O)[O-])C(=O)O)n2)c1. The van der Waals surface area contributed by atoms with Crippen LogP contribution in [-0.2, 0) is 17.8 Å². The number of rotatable bonds is 11. The standard InChI is InChI=1S/C21H18N6O5S/c22-26-24-8-9-32-16-6-3-5-14(10-16)18-13-33-20(25-18)12-23-17(21(28)29)11-15-4-1-2-7-19(15)27(30)31/h1-7,10,13H,8-9,11-12H2,(H,28,29). The fraction of sp³-hybridized carbons (Fsp3) is 0.190. The molecule has 0 spiro atoms. The lowest BCUT2D eigenvalue weighted by molar-refractivity contribution is -0.385. The smallest absolute Gasteiger partial charge is 0.350 e. The van der Waals surface area contributed by atoms with Gasteiger partial charge < -0.3 is 9.84 Å². The van der Waals surface area contributed by atoms with Gasteiger partial charge in [-0.2, -0.15) is 0 Å². The highest BCUT2D eigenvalue weighted by Gasteiger charge is 2.18. The van der Waals surface area contributed by atoms with Crippen molar-refractivity contribution >= 4 is 28.7 Å². The van der Waals surface area contributed by atoms with Gasteiger partial charge in [0, 0.05) is 33.9 Å². The number of carbonyl (C=O) groups is 1. The molecule has 33 heavy (non-hydrogen) atoms. The van der Waals surface area contributed by atoms with Crippen molar-refractivity contribution in [2.75, 3.05) is 13.2 Å². The van der Waals surface area contributed by atoms with E-state index in [1.54, 1.807) is 18.2 Å². The number of azide groups is 1. The maximum atomic E-state index is 11.6. The molecule has 1 N–H and O–H groups in total. The fourth-order valence-electron chi connectivity index (χ4n) is 2.89. The van der Waals surface area contributed by atoms with Gasteiger partial charge in [-0.3, -0.25) is 15.1 Å². The topological polar surface area (TPSA) is 164 Å². The molecule has 0 amide bonds. The van der Waals surface area contributed by atoms with E-state index in [-0.39, 0.29) is 43.1 Å². The molecule has 3 aromatic rings. The highest BCUT2D eigenvalue weighted by atomic mass is 32.1. The lowest BCUT2D eigenvalue weighted by Crippen LogP contribution is -2.17. The molecule has 11 nitrogen and oxygen atoms in total. The normalized spacial score (nSPS) is 11.0. The molecular weight excluding hydrogens is 448 g/mol. The van der Waals surface area contributed by atoms with E-state index in [0.29, 0.717) is 16.5 Å². The Labute approximate surface area is 191 Å². The first-order valence-corrected chi connectivity index (χ1v) is 10.5. The van der Waals surface area contributed by atoms with Gasteiger partial charge in [0.05, 0.1) is 30.3 Å². The molecule has 0 aliphatic rings. The van der Waals surface area contributed by atoms with Gasteiger partial charge in [-0.15, -0.1) is 11.3 Å². The summed E-state index contributed by atoms with van der Waals surface area (Å²) in [6.45, 7) is 0.509. The number of ether oxygens (including phenoxy) is 1. The van der Waals surface area contributed by atoms with Gasteiger partial charge in [0.15, 0.2) is 0 Å². The summed E-state index contributed by atoms with van der Waals surface area (Å²) < 4.78 is 5.54.